The highest BCUT2D eigenvalue weighted by Gasteiger charge is 2.27. The van der Waals surface area contributed by atoms with Gasteiger partial charge in [-0.3, -0.25) is 9.69 Å². The summed E-state index contributed by atoms with van der Waals surface area (Å²) in [6.07, 6.45) is 0.920. The molecule has 0 saturated heterocycles. The third-order valence-corrected chi connectivity index (χ3v) is 2.97. The molecule has 0 aromatic rings. The zero-order chi connectivity index (χ0) is 11.6. The molecule has 3 heteroatoms. The highest BCUT2D eigenvalue weighted by Crippen LogP contribution is 2.16. The summed E-state index contributed by atoms with van der Waals surface area (Å²) in [5.74, 6) is 0.683. The van der Waals surface area contributed by atoms with Crippen molar-refractivity contribution in [3.05, 3.63) is 11.3 Å². The van der Waals surface area contributed by atoms with Crippen molar-refractivity contribution in [1.29, 1.82) is 0 Å². The minimum absolute atomic E-state index is 0.0115. The topological polar surface area (TPSA) is 32.3 Å². The van der Waals surface area contributed by atoms with E-state index in [1.807, 2.05) is 14.0 Å². The first-order valence-electron chi connectivity index (χ1n) is 5.59. The lowest BCUT2D eigenvalue weighted by atomic mass is 10.0. The van der Waals surface area contributed by atoms with E-state index in [1.54, 1.807) is 0 Å². The van der Waals surface area contributed by atoms with E-state index < -0.39 is 0 Å². The fourth-order valence-electron chi connectivity index (χ4n) is 1.91. The highest BCUT2D eigenvalue weighted by atomic mass is 16.2. The first kappa shape index (κ1) is 12.2. The van der Waals surface area contributed by atoms with E-state index in [0.29, 0.717) is 5.92 Å². The molecule has 0 fully saturated rings. The molecule has 0 saturated carbocycles. The van der Waals surface area contributed by atoms with Gasteiger partial charge < -0.3 is 5.32 Å². The molecule has 15 heavy (non-hydrogen) atoms. The number of hydrogen-bond donors (Lipinski definition) is 1. The molecule has 1 aliphatic rings. The van der Waals surface area contributed by atoms with Gasteiger partial charge in [-0.15, -0.1) is 0 Å². The van der Waals surface area contributed by atoms with Crippen molar-refractivity contribution in [1.82, 2.24) is 10.2 Å². The molecule has 1 N–H and O–H groups in total. The molecule has 0 aromatic carbocycles. The maximum atomic E-state index is 11.9. The van der Waals surface area contributed by atoms with Crippen LogP contribution in [0.15, 0.2) is 11.3 Å². The van der Waals surface area contributed by atoms with Crippen LogP contribution >= 0.6 is 0 Å². The van der Waals surface area contributed by atoms with E-state index in [-0.39, 0.29) is 11.9 Å². The Morgan fingerprint density at radius 1 is 1.47 bits per heavy atom. The molecule has 0 bridgehead atoms. The zero-order valence-electron chi connectivity index (χ0n) is 10.4. The first-order chi connectivity index (χ1) is 6.91. The fraction of sp³-hybridized carbons (Fsp3) is 0.750. The van der Waals surface area contributed by atoms with Crippen LogP contribution in [0, 0.1) is 5.92 Å². The molecule has 3 nitrogen and oxygen atoms in total. The van der Waals surface area contributed by atoms with Crippen molar-refractivity contribution < 1.29 is 4.79 Å². The summed E-state index contributed by atoms with van der Waals surface area (Å²) < 4.78 is 0. The number of hydrogen-bond acceptors (Lipinski definition) is 2. The zero-order valence-corrected chi connectivity index (χ0v) is 10.4. The lowest BCUT2D eigenvalue weighted by molar-refractivity contribution is -0.125. The fourth-order valence-corrected chi connectivity index (χ4v) is 1.91. The summed E-state index contributed by atoms with van der Waals surface area (Å²) in [5.41, 5.74) is 2.26. The predicted octanol–water partition coefficient (Wildman–Crippen LogP) is 1.76. The van der Waals surface area contributed by atoms with Crippen LogP contribution in [0.4, 0.5) is 0 Å². The van der Waals surface area contributed by atoms with Gasteiger partial charge in [0.05, 0.1) is 6.04 Å². The van der Waals surface area contributed by atoms with Crippen LogP contribution in [0.5, 0.6) is 0 Å². The summed E-state index contributed by atoms with van der Waals surface area (Å²) >= 11 is 0. The summed E-state index contributed by atoms with van der Waals surface area (Å²) in [6, 6.07) is 0.0115. The van der Waals surface area contributed by atoms with Crippen molar-refractivity contribution in [3.8, 4) is 0 Å². The van der Waals surface area contributed by atoms with E-state index in [0.717, 1.165) is 18.7 Å². The Balaban J connectivity index is 2.80. The van der Waals surface area contributed by atoms with Gasteiger partial charge in [-0.1, -0.05) is 13.8 Å². The Hall–Kier alpha value is -0.830. The normalized spacial score (nSPS) is 24.4. The van der Waals surface area contributed by atoms with E-state index in [1.165, 1.54) is 5.57 Å². The molecule has 86 valence electrons. The number of allylic oxidation sites excluding steroid dienone is 1. The third kappa shape index (κ3) is 3.06. The van der Waals surface area contributed by atoms with E-state index in [9.17, 15) is 4.79 Å². The minimum Gasteiger partial charge on any atom is -0.329 e. The quantitative estimate of drug-likeness (QED) is 0.753. The van der Waals surface area contributed by atoms with Crippen molar-refractivity contribution in [2.45, 2.75) is 40.2 Å². The number of rotatable bonds is 2. The molecule has 0 aromatic heterocycles. The molecule has 1 heterocycles. The van der Waals surface area contributed by atoms with Gasteiger partial charge in [0, 0.05) is 12.2 Å². The highest BCUT2D eigenvalue weighted by molar-refractivity contribution is 5.83. The smallest absolute Gasteiger partial charge is 0.241 e. The monoisotopic (exact) mass is 210 g/mol. The maximum absolute atomic E-state index is 11.9. The third-order valence-electron chi connectivity index (χ3n) is 2.97. The second-order valence-electron chi connectivity index (χ2n) is 4.96. The van der Waals surface area contributed by atoms with Gasteiger partial charge in [-0.25, -0.2) is 0 Å². The Morgan fingerprint density at radius 2 is 2.07 bits per heavy atom. The SMILES string of the molecule is CC1=C(C)NC(=O)[C@@H](CC(C)C)N(C)C1. The van der Waals surface area contributed by atoms with Crippen molar-refractivity contribution >= 4 is 5.91 Å². The number of carbonyl (C=O) groups is 1. The van der Waals surface area contributed by atoms with E-state index in [2.05, 4.69) is 31.0 Å². The number of nitrogens with one attached hydrogen (secondary N) is 1. The second kappa shape index (κ2) is 4.79. The van der Waals surface area contributed by atoms with E-state index in [4.69, 9.17) is 0 Å². The molecule has 0 aliphatic carbocycles. The van der Waals surface area contributed by atoms with E-state index >= 15 is 0 Å². The Labute approximate surface area is 92.5 Å². The lowest BCUT2D eigenvalue weighted by Crippen LogP contribution is -2.43. The van der Waals surface area contributed by atoms with Crippen LogP contribution in [0.3, 0.4) is 0 Å². The van der Waals surface area contributed by atoms with Crippen molar-refractivity contribution in [2.75, 3.05) is 13.6 Å². The summed E-state index contributed by atoms with van der Waals surface area (Å²) in [7, 11) is 2.02. The van der Waals surface area contributed by atoms with Gasteiger partial charge >= 0.3 is 0 Å². The molecule has 0 spiro atoms. The number of amides is 1. The van der Waals surface area contributed by atoms with Crippen molar-refractivity contribution in [2.24, 2.45) is 5.92 Å². The van der Waals surface area contributed by atoms with Crippen LogP contribution in [0.25, 0.3) is 0 Å². The van der Waals surface area contributed by atoms with Gasteiger partial charge in [0.15, 0.2) is 0 Å². The van der Waals surface area contributed by atoms with Crippen molar-refractivity contribution in [3.63, 3.8) is 0 Å². The molecule has 1 aliphatic heterocycles. The maximum Gasteiger partial charge on any atom is 0.241 e. The van der Waals surface area contributed by atoms with Crippen LogP contribution < -0.4 is 5.32 Å². The molecule has 1 rings (SSSR count). The average Bonchev–Trinajstić information content (AvgIpc) is 2.19. The molecule has 0 radical (unpaired) electrons. The molecule has 1 atom stereocenters. The lowest BCUT2D eigenvalue weighted by Gasteiger charge is -2.25. The predicted molar refractivity (Wildman–Crippen MR) is 62.4 cm³/mol. The Bertz CT molecular complexity index is 281. The molecule has 0 unspecified atom stereocenters. The second-order valence-corrected chi connectivity index (χ2v) is 4.96. The number of likely N-dealkylation sites (N-methyl/N-ethyl adjacent to an activating group) is 1. The number of carbonyl (C=O) groups excluding carboxylic acids is 1. The minimum atomic E-state index is 0.0115. The summed E-state index contributed by atoms with van der Waals surface area (Å²) in [6.45, 7) is 9.23. The Morgan fingerprint density at radius 3 is 2.60 bits per heavy atom. The van der Waals surface area contributed by atoms with Crippen LogP contribution in [-0.4, -0.2) is 30.4 Å². The van der Waals surface area contributed by atoms with Gasteiger partial charge in [0.1, 0.15) is 0 Å². The van der Waals surface area contributed by atoms with Gasteiger partial charge in [0.25, 0.3) is 0 Å². The molecule has 1 amide bonds. The largest absolute Gasteiger partial charge is 0.329 e. The number of nitrogens with zero attached hydrogens (tertiary/aromatic N) is 1. The summed E-state index contributed by atoms with van der Waals surface area (Å²) in [5, 5.41) is 2.98. The van der Waals surface area contributed by atoms with Crippen LogP contribution in [-0.2, 0) is 4.79 Å². The molecular formula is C12H22N2O. The average molecular weight is 210 g/mol. The standard InChI is InChI=1S/C12H22N2O/c1-8(2)6-11-12(15)13-10(4)9(3)7-14(11)5/h8,11H,6-7H2,1-5H3,(H,13,15)/t11-/m1/s1. The Kier molecular flexibility index (Phi) is 3.91. The van der Waals surface area contributed by atoms with Gasteiger partial charge in [0.2, 0.25) is 5.91 Å². The first-order valence-corrected chi connectivity index (χ1v) is 5.59. The van der Waals surface area contributed by atoms with Crippen LogP contribution in [0.1, 0.15) is 34.1 Å². The molecular weight excluding hydrogens is 188 g/mol. The van der Waals surface area contributed by atoms with Gasteiger partial charge in [-0.2, -0.15) is 0 Å². The summed E-state index contributed by atoms with van der Waals surface area (Å²) in [4.78, 5) is 14.1. The van der Waals surface area contributed by atoms with Crippen LogP contribution in [0.2, 0.25) is 0 Å². The van der Waals surface area contributed by atoms with Gasteiger partial charge in [-0.05, 0) is 38.8 Å².